The average Bonchev–Trinajstić information content (AvgIpc) is 3.31. The van der Waals surface area contributed by atoms with Gasteiger partial charge in [-0.1, -0.05) is 42.1 Å². The standard InChI is InChI=1S/C23H23N5S/c24-19(10-18-12-27-21-4-2-1-3-20(18)21)13-28-14-22(29-23(28)25)16-5-6-17-11-26-8-7-15(17)9-16/h1-9,11-12,14,19,23,27H,10,13,24-25H2/t19-,23?/m1/s1. The maximum absolute atomic E-state index is 6.50. The van der Waals surface area contributed by atoms with E-state index in [0.717, 1.165) is 17.3 Å². The summed E-state index contributed by atoms with van der Waals surface area (Å²) in [6, 6.07) is 16.8. The number of nitrogens with one attached hydrogen (secondary N) is 1. The van der Waals surface area contributed by atoms with Crippen LogP contribution in [0.25, 0.3) is 26.6 Å². The predicted octanol–water partition coefficient (Wildman–Crippen LogP) is 3.88. The van der Waals surface area contributed by atoms with Crippen LogP contribution in [0.1, 0.15) is 11.1 Å². The van der Waals surface area contributed by atoms with Gasteiger partial charge in [0.05, 0.1) is 0 Å². The Labute approximate surface area is 173 Å². The quantitative estimate of drug-likeness (QED) is 0.473. The number of thioether (sulfide) groups is 1. The molecule has 0 aliphatic carbocycles. The van der Waals surface area contributed by atoms with Gasteiger partial charge in [0.1, 0.15) is 5.50 Å². The number of hydrogen-bond donors (Lipinski definition) is 3. The molecule has 1 aliphatic rings. The molecule has 0 bridgehead atoms. The van der Waals surface area contributed by atoms with Crippen LogP contribution in [-0.4, -0.2) is 33.0 Å². The van der Waals surface area contributed by atoms with E-state index in [2.05, 4.69) is 63.7 Å². The summed E-state index contributed by atoms with van der Waals surface area (Å²) in [5.74, 6) is 0. The van der Waals surface area contributed by atoms with Gasteiger partial charge in [0.2, 0.25) is 0 Å². The van der Waals surface area contributed by atoms with Crippen molar-refractivity contribution in [2.45, 2.75) is 18.0 Å². The van der Waals surface area contributed by atoms with Crippen molar-refractivity contribution in [2.24, 2.45) is 11.5 Å². The molecule has 0 amide bonds. The number of benzene rings is 2. The lowest BCUT2D eigenvalue weighted by molar-refractivity contribution is 0.338. The first-order valence-corrected chi connectivity index (χ1v) is 10.6. The van der Waals surface area contributed by atoms with Crippen molar-refractivity contribution in [2.75, 3.05) is 6.54 Å². The summed E-state index contributed by atoms with van der Waals surface area (Å²) < 4.78 is 0. The Bertz CT molecular complexity index is 1200. The molecule has 29 heavy (non-hydrogen) atoms. The lowest BCUT2D eigenvalue weighted by atomic mass is 10.1. The number of H-pyrrole nitrogens is 1. The minimum Gasteiger partial charge on any atom is -0.361 e. The number of hydrogen-bond acceptors (Lipinski definition) is 5. The fourth-order valence-corrected chi connectivity index (χ4v) is 4.91. The van der Waals surface area contributed by atoms with E-state index in [-0.39, 0.29) is 11.5 Å². The first kappa shape index (κ1) is 18.2. The summed E-state index contributed by atoms with van der Waals surface area (Å²) in [6.07, 6.45) is 8.73. The molecule has 5 rings (SSSR count). The number of fused-ring (bicyclic) bond motifs is 2. The molecule has 1 aliphatic heterocycles. The molecule has 0 spiro atoms. The third-order valence-electron chi connectivity index (χ3n) is 5.39. The molecule has 0 saturated carbocycles. The number of para-hydroxylation sites is 1. The first-order valence-electron chi connectivity index (χ1n) is 9.72. The van der Waals surface area contributed by atoms with Gasteiger partial charge >= 0.3 is 0 Å². The van der Waals surface area contributed by atoms with E-state index in [1.807, 2.05) is 24.5 Å². The highest BCUT2D eigenvalue weighted by Gasteiger charge is 2.24. The maximum atomic E-state index is 6.50. The third-order valence-corrected chi connectivity index (χ3v) is 6.49. The third kappa shape index (κ3) is 3.62. The Morgan fingerprint density at radius 3 is 2.97 bits per heavy atom. The summed E-state index contributed by atoms with van der Waals surface area (Å²) in [6.45, 7) is 0.717. The van der Waals surface area contributed by atoms with Gasteiger partial charge in [-0.3, -0.25) is 4.98 Å². The van der Waals surface area contributed by atoms with Crippen LogP contribution >= 0.6 is 11.8 Å². The van der Waals surface area contributed by atoms with Gasteiger partial charge in [-0.25, -0.2) is 0 Å². The Hall–Kier alpha value is -2.80. The molecular weight excluding hydrogens is 378 g/mol. The molecule has 5 N–H and O–H groups in total. The van der Waals surface area contributed by atoms with Crippen molar-refractivity contribution in [3.8, 4) is 0 Å². The smallest absolute Gasteiger partial charge is 0.130 e. The van der Waals surface area contributed by atoms with Crippen LogP contribution in [0.3, 0.4) is 0 Å². The van der Waals surface area contributed by atoms with E-state index in [9.17, 15) is 0 Å². The number of nitrogens with zero attached hydrogens (tertiary/aromatic N) is 2. The molecule has 146 valence electrons. The van der Waals surface area contributed by atoms with Gasteiger partial charge in [-0.15, -0.1) is 0 Å². The SMILES string of the molecule is NC1SC(c2ccc3cnccc3c2)=CN1C[C@H](N)Cc1c[nH]c2ccccc12. The number of aromatic nitrogens is 2. The van der Waals surface area contributed by atoms with E-state index < -0.39 is 0 Å². The molecule has 6 heteroatoms. The zero-order valence-electron chi connectivity index (χ0n) is 16.0. The molecular formula is C23H23N5S. The molecule has 3 heterocycles. The molecule has 4 aromatic rings. The van der Waals surface area contributed by atoms with Crippen molar-refractivity contribution in [3.63, 3.8) is 0 Å². The van der Waals surface area contributed by atoms with Crippen LogP contribution in [0.4, 0.5) is 0 Å². The van der Waals surface area contributed by atoms with E-state index in [4.69, 9.17) is 11.5 Å². The van der Waals surface area contributed by atoms with E-state index in [1.165, 1.54) is 26.8 Å². The van der Waals surface area contributed by atoms with Gasteiger partial charge in [-0.05, 0) is 41.1 Å². The summed E-state index contributed by atoms with van der Waals surface area (Å²) in [4.78, 5) is 10.8. The van der Waals surface area contributed by atoms with E-state index in [1.54, 1.807) is 11.8 Å². The van der Waals surface area contributed by atoms with E-state index in [0.29, 0.717) is 6.54 Å². The molecule has 2 aromatic heterocycles. The predicted molar refractivity (Wildman–Crippen MR) is 122 cm³/mol. The summed E-state index contributed by atoms with van der Waals surface area (Å²) in [5, 5.41) is 3.56. The van der Waals surface area contributed by atoms with Crippen LogP contribution in [-0.2, 0) is 6.42 Å². The van der Waals surface area contributed by atoms with Gasteiger partial charge < -0.3 is 21.4 Å². The van der Waals surface area contributed by atoms with Gasteiger partial charge in [0.25, 0.3) is 0 Å². The second kappa shape index (κ2) is 7.55. The van der Waals surface area contributed by atoms with Crippen LogP contribution in [0.2, 0.25) is 0 Å². The summed E-state index contributed by atoms with van der Waals surface area (Å²) in [5.41, 5.74) is 16.4. The molecule has 0 fully saturated rings. The largest absolute Gasteiger partial charge is 0.361 e. The Kier molecular flexibility index (Phi) is 4.75. The summed E-state index contributed by atoms with van der Waals surface area (Å²) >= 11 is 1.68. The number of pyridine rings is 1. The lowest BCUT2D eigenvalue weighted by Crippen LogP contribution is -2.42. The monoisotopic (exact) mass is 401 g/mol. The highest BCUT2D eigenvalue weighted by atomic mass is 32.2. The normalized spacial score (nSPS) is 17.8. The van der Waals surface area contributed by atoms with E-state index >= 15 is 0 Å². The second-order valence-corrected chi connectivity index (χ2v) is 8.62. The maximum Gasteiger partial charge on any atom is 0.130 e. The minimum absolute atomic E-state index is 0.000802. The zero-order valence-corrected chi connectivity index (χ0v) is 16.8. The Morgan fingerprint density at radius 2 is 2.03 bits per heavy atom. The van der Waals surface area contributed by atoms with Crippen LogP contribution in [0.15, 0.2) is 73.3 Å². The summed E-state index contributed by atoms with van der Waals surface area (Å²) in [7, 11) is 0. The van der Waals surface area contributed by atoms with Gasteiger partial charge in [0.15, 0.2) is 0 Å². The average molecular weight is 402 g/mol. The number of rotatable bonds is 5. The highest BCUT2D eigenvalue weighted by Crippen LogP contribution is 2.38. The Morgan fingerprint density at radius 1 is 1.14 bits per heavy atom. The molecule has 0 saturated heterocycles. The molecule has 0 radical (unpaired) electrons. The molecule has 2 atom stereocenters. The number of nitrogens with two attached hydrogens (primary N) is 2. The zero-order chi connectivity index (χ0) is 19.8. The first-order chi connectivity index (χ1) is 14.2. The molecule has 2 aromatic carbocycles. The van der Waals surface area contributed by atoms with Crippen LogP contribution in [0, 0.1) is 0 Å². The van der Waals surface area contributed by atoms with Gasteiger partial charge in [-0.2, -0.15) is 0 Å². The number of aromatic amines is 1. The van der Waals surface area contributed by atoms with Crippen LogP contribution < -0.4 is 11.5 Å². The molecule has 1 unspecified atom stereocenters. The lowest BCUT2D eigenvalue weighted by Gasteiger charge is -2.24. The topological polar surface area (TPSA) is 84.0 Å². The highest BCUT2D eigenvalue weighted by molar-refractivity contribution is 8.09. The fourth-order valence-electron chi connectivity index (χ4n) is 3.91. The molecule has 5 nitrogen and oxygen atoms in total. The Balaban J connectivity index is 1.32. The van der Waals surface area contributed by atoms with Crippen molar-refractivity contribution >= 4 is 38.3 Å². The van der Waals surface area contributed by atoms with Crippen molar-refractivity contribution in [1.82, 2.24) is 14.9 Å². The second-order valence-electron chi connectivity index (χ2n) is 7.46. The van der Waals surface area contributed by atoms with Crippen molar-refractivity contribution < 1.29 is 0 Å². The van der Waals surface area contributed by atoms with Crippen molar-refractivity contribution in [1.29, 1.82) is 0 Å². The van der Waals surface area contributed by atoms with Crippen LogP contribution in [0.5, 0.6) is 0 Å². The minimum atomic E-state index is -0.118. The van der Waals surface area contributed by atoms with Crippen molar-refractivity contribution in [3.05, 3.63) is 84.4 Å². The fraction of sp³-hybridized carbons (Fsp3) is 0.174. The van der Waals surface area contributed by atoms with Gasteiger partial charge in [0, 0.05) is 58.6 Å².